The summed E-state index contributed by atoms with van der Waals surface area (Å²) in [5, 5.41) is 9.53. The van der Waals surface area contributed by atoms with E-state index in [0.29, 0.717) is 23.5 Å². The van der Waals surface area contributed by atoms with E-state index in [2.05, 4.69) is 36.2 Å². The Morgan fingerprint density at radius 3 is 2.64 bits per heavy atom. The first-order valence-electron chi connectivity index (χ1n) is 8.36. The summed E-state index contributed by atoms with van der Waals surface area (Å²) in [5.41, 5.74) is 12.4. The van der Waals surface area contributed by atoms with E-state index < -0.39 is 5.66 Å². The van der Waals surface area contributed by atoms with Crippen molar-refractivity contribution in [2.75, 3.05) is 27.8 Å². The third kappa shape index (κ3) is 2.02. The Labute approximate surface area is 147 Å². The molecule has 0 amide bonds. The lowest BCUT2D eigenvalue weighted by molar-refractivity contribution is 0.109. The van der Waals surface area contributed by atoms with Crippen LogP contribution in [0.2, 0.25) is 0 Å². The second-order valence-electron chi connectivity index (χ2n) is 6.75. The molecule has 25 heavy (non-hydrogen) atoms. The highest BCUT2D eigenvalue weighted by Crippen LogP contribution is 2.52. The van der Waals surface area contributed by atoms with Crippen molar-refractivity contribution in [3.63, 3.8) is 0 Å². The van der Waals surface area contributed by atoms with Crippen molar-refractivity contribution in [1.82, 2.24) is 4.90 Å². The molecule has 0 spiro atoms. The summed E-state index contributed by atoms with van der Waals surface area (Å²) in [7, 11) is 5.25. The van der Waals surface area contributed by atoms with Crippen LogP contribution in [0.25, 0.3) is 11.1 Å². The van der Waals surface area contributed by atoms with E-state index in [0.717, 1.165) is 29.7 Å². The molecule has 1 heterocycles. The van der Waals surface area contributed by atoms with Crippen LogP contribution in [0, 0.1) is 11.3 Å². The zero-order valence-corrected chi connectivity index (χ0v) is 14.7. The molecule has 5 nitrogen and oxygen atoms in total. The lowest BCUT2D eigenvalue weighted by Crippen LogP contribution is -2.57. The van der Waals surface area contributed by atoms with Gasteiger partial charge in [0.2, 0.25) is 0 Å². The molecule has 1 atom stereocenters. The van der Waals surface area contributed by atoms with Crippen LogP contribution in [0.4, 0.5) is 0 Å². The molecule has 1 aliphatic carbocycles. The minimum Gasteiger partial charge on any atom is -0.492 e. The molecule has 0 aromatic heterocycles. The van der Waals surface area contributed by atoms with Crippen LogP contribution < -0.4 is 15.2 Å². The molecule has 128 valence electrons. The summed E-state index contributed by atoms with van der Waals surface area (Å²) in [5.74, 6) is 1.09. The van der Waals surface area contributed by atoms with Gasteiger partial charge in [0.25, 0.3) is 0 Å². The van der Waals surface area contributed by atoms with Gasteiger partial charge in [-0.2, -0.15) is 5.26 Å². The van der Waals surface area contributed by atoms with Gasteiger partial charge in [-0.1, -0.05) is 18.2 Å². The van der Waals surface area contributed by atoms with E-state index >= 15 is 0 Å². The maximum atomic E-state index is 9.53. The summed E-state index contributed by atoms with van der Waals surface area (Å²) in [6, 6.07) is 10.4. The molecule has 2 N–H and O–H groups in total. The minimum absolute atomic E-state index is 0.472. The van der Waals surface area contributed by atoms with E-state index in [1.54, 1.807) is 14.2 Å². The third-order valence-corrected chi connectivity index (χ3v) is 5.56. The van der Waals surface area contributed by atoms with Crippen molar-refractivity contribution >= 4 is 0 Å². The molecular weight excluding hydrogens is 314 g/mol. The van der Waals surface area contributed by atoms with Crippen LogP contribution in [0.5, 0.6) is 11.5 Å². The smallest absolute Gasteiger partial charge is 0.179 e. The first-order chi connectivity index (χ1) is 12.0. The monoisotopic (exact) mass is 335 g/mol. The third-order valence-electron chi connectivity index (χ3n) is 5.56. The number of benzene rings is 2. The molecule has 2 aromatic carbocycles. The highest BCUT2D eigenvalue weighted by Gasteiger charge is 2.44. The lowest BCUT2D eigenvalue weighted by Gasteiger charge is -2.48. The lowest BCUT2D eigenvalue weighted by atomic mass is 9.73. The van der Waals surface area contributed by atoms with Gasteiger partial charge in [0.1, 0.15) is 6.07 Å². The first-order valence-corrected chi connectivity index (χ1v) is 8.36. The predicted octanol–water partition coefficient (Wildman–Crippen LogP) is 2.40. The molecule has 5 heteroatoms. The van der Waals surface area contributed by atoms with Gasteiger partial charge in [0.15, 0.2) is 11.5 Å². The summed E-state index contributed by atoms with van der Waals surface area (Å²) in [6.45, 7) is 0.917. The maximum absolute atomic E-state index is 9.53. The first kappa shape index (κ1) is 15.9. The molecule has 0 bridgehead atoms. The normalized spacial score (nSPS) is 21.1. The van der Waals surface area contributed by atoms with Gasteiger partial charge in [-0.15, -0.1) is 0 Å². The molecule has 2 aromatic rings. The van der Waals surface area contributed by atoms with Crippen molar-refractivity contribution < 1.29 is 9.47 Å². The summed E-state index contributed by atoms with van der Waals surface area (Å²) in [6.07, 6.45) is 1.61. The zero-order chi connectivity index (χ0) is 17.8. The molecule has 1 aliphatic heterocycles. The Balaban J connectivity index is 2.11. The number of likely N-dealkylation sites (N-methyl/N-ethyl adjacent to an activating group) is 1. The second kappa shape index (κ2) is 5.48. The SMILES string of the molecule is COc1c(C#N)cc2c(c1OC)-c1cccc3c1C(N)(C2)N(C)CC3. The number of methoxy groups -OCH3 is 2. The number of hydrogen-bond acceptors (Lipinski definition) is 5. The van der Waals surface area contributed by atoms with Crippen molar-refractivity contribution in [2.24, 2.45) is 5.73 Å². The van der Waals surface area contributed by atoms with Crippen LogP contribution in [-0.2, 0) is 18.5 Å². The fraction of sp³-hybridized carbons (Fsp3) is 0.350. The Morgan fingerprint density at radius 1 is 1.20 bits per heavy atom. The fourth-order valence-corrected chi connectivity index (χ4v) is 4.33. The number of hydrogen-bond donors (Lipinski definition) is 1. The number of nitrogens with zero attached hydrogens (tertiary/aromatic N) is 2. The van der Waals surface area contributed by atoms with Gasteiger partial charge in [-0.05, 0) is 41.8 Å². The largest absolute Gasteiger partial charge is 0.492 e. The van der Waals surface area contributed by atoms with Crippen LogP contribution in [0.3, 0.4) is 0 Å². The minimum atomic E-state index is -0.566. The Kier molecular flexibility index (Phi) is 3.50. The average Bonchev–Trinajstić information content (AvgIpc) is 2.63. The van der Waals surface area contributed by atoms with E-state index in [1.807, 2.05) is 6.07 Å². The van der Waals surface area contributed by atoms with Gasteiger partial charge in [0, 0.05) is 18.5 Å². The molecular formula is C20H21N3O2. The van der Waals surface area contributed by atoms with Crippen LogP contribution in [0.1, 0.15) is 22.3 Å². The molecule has 1 unspecified atom stereocenters. The van der Waals surface area contributed by atoms with Gasteiger partial charge < -0.3 is 15.2 Å². The Morgan fingerprint density at radius 2 is 1.96 bits per heavy atom. The maximum Gasteiger partial charge on any atom is 0.179 e. The average molecular weight is 335 g/mol. The Bertz CT molecular complexity index is 916. The van der Waals surface area contributed by atoms with Crippen LogP contribution in [0.15, 0.2) is 24.3 Å². The fourth-order valence-electron chi connectivity index (χ4n) is 4.33. The standard InChI is InChI=1S/C20H21N3O2/c1-23-8-7-12-5-4-6-15-16-13(10-20(23,22)17(12)15)9-14(11-21)18(24-2)19(16)25-3/h4-6,9H,7-8,10,22H2,1-3H3. The van der Waals surface area contributed by atoms with Crippen molar-refractivity contribution in [3.05, 3.63) is 46.5 Å². The Hall–Kier alpha value is -2.55. The summed E-state index contributed by atoms with van der Waals surface area (Å²) in [4.78, 5) is 2.21. The number of ether oxygens (including phenoxy) is 2. The molecule has 4 rings (SSSR count). The summed E-state index contributed by atoms with van der Waals surface area (Å²) < 4.78 is 11.2. The number of rotatable bonds is 2. The van der Waals surface area contributed by atoms with Gasteiger partial charge >= 0.3 is 0 Å². The predicted molar refractivity (Wildman–Crippen MR) is 95.6 cm³/mol. The van der Waals surface area contributed by atoms with Gasteiger partial charge in [0.05, 0.1) is 25.4 Å². The quantitative estimate of drug-likeness (QED) is 0.912. The number of nitrogens with two attached hydrogens (primary N) is 1. The van der Waals surface area contributed by atoms with E-state index in [4.69, 9.17) is 15.2 Å². The highest BCUT2D eigenvalue weighted by molar-refractivity contribution is 5.85. The van der Waals surface area contributed by atoms with E-state index in [9.17, 15) is 5.26 Å². The molecule has 0 radical (unpaired) electrons. The van der Waals surface area contributed by atoms with Crippen molar-refractivity contribution in [2.45, 2.75) is 18.5 Å². The summed E-state index contributed by atoms with van der Waals surface area (Å²) >= 11 is 0. The zero-order valence-electron chi connectivity index (χ0n) is 14.7. The molecule has 0 saturated heterocycles. The van der Waals surface area contributed by atoms with Crippen molar-refractivity contribution in [1.29, 1.82) is 5.26 Å². The molecule has 2 aliphatic rings. The van der Waals surface area contributed by atoms with Crippen molar-refractivity contribution in [3.8, 4) is 28.7 Å². The van der Waals surface area contributed by atoms with Crippen LogP contribution in [-0.4, -0.2) is 32.7 Å². The highest BCUT2D eigenvalue weighted by atomic mass is 16.5. The van der Waals surface area contributed by atoms with E-state index in [-0.39, 0.29) is 0 Å². The van der Waals surface area contributed by atoms with Gasteiger partial charge in [-0.25, -0.2) is 0 Å². The number of nitriles is 1. The molecule has 0 fully saturated rings. The van der Waals surface area contributed by atoms with Gasteiger partial charge in [-0.3, -0.25) is 4.90 Å². The molecule has 0 saturated carbocycles. The number of fused-ring (bicyclic) bond motifs is 2. The van der Waals surface area contributed by atoms with Crippen LogP contribution >= 0.6 is 0 Å². The topological polar surface area (TPSA) is 71.5 Å². The second-order valence-corrected chi connectivity index (χ2v) is 6.75. The van der Waals surface area contributed by atoms with E-state index in [1.165, 1.54) is 11.1 Å².